The van der Waals surface area contributed by atoms with E-state index >= 15 is 0 Å². The molecule has 0 radical (unpaired) electrons. The lowest BCUT2D eigenvalue weighted by atomic mass is 9.98. The lowest BCUT2D eigenvalue weighted by molar-refractivity contribution is -0.136. The van der Waals surface area contributed by atoms with Crippen LogP contribution in [0, 0.1) is 5.92 Å². The van der Waals surface area contributed by atoms with Gasteiger partial charge >= 0.3 is 5.97 Å². The molecule has 0 unspecified atom stereocenters. The maximum Gasteiger partial charge on any atom is 0.304 e. The lowest BCUT2D eigenvalue weighted by Gasteiger charge is -2.29. The molecule has 0 aliphatic carbocycles. The van der Waals surface area contributed by atoms with Gasteiger partial charge in [0.25, 0.3) is 0 Å². The van der Waals surface area contributed by atoms with E-state index < -0.39 is 34.1 Å². The highest BCUT2D eigenvalue weighted by molar-refractivity contribution is 7.89. The molecule has 7 nitrogen and oxygen atoms in total. The molecule has 3 N–H and O–H groups in total. The van der Waals surface area contributed by atoms with Crippen LogP contribution in [0.2, 0.25) is 0 Å². The second-order valence-electron chi connectivity index (χ2n) is 4.04. The summed E-state index contributed by atoms with van der Waals surface area (Å²) < 4.78 is 24.7. The summed E-state index contributed by atoms with van der Waals surface area (Å²) in [7, 11) is -3.53. The summed E-state index contributed by atoms with van der Waals surface area (Å²) in [6.07, 6.45) is 0.404. The molecule has 98 valence electrons. The van der Waals surface area contributed by atoms with E-state index in [1.165, 1.54) is 4.31 Å². The predicted molar refractivity (Wildman–Crippen MR) is 59.5 cm³/mol. The number of primary amides is 1. The van der Waals surface area contributed by atoms with E-state index in [1.54, 1.807) is 0 Å². The topological polar surface area (TPSA) is 118 Å². The number of rotatable bonds is 5. The van der Waals surface area contributed by atoms with Crippen LogP contribution in [0.5, 0.6) is 0 Å². The van der Waals surface area contributed by atoms with Crippen LogP contribution in [0.4, 0.5) is 0 Å². The van der Waals surface area contributed by atoms with Gasteiger partial charge in [-0.1, -0.05) is 0 Å². The van der Waals surface area contributed by atoms with Gasteiger partial charge in [0.1, 0.15) is 0 Å². The van der Waals surface area contributed by atoms with Crippen LogP contribution in [0.1, 0.15) is 19.3 Å². The van der Waals surface area contributed by atoms with Gasteiger partial charge in [-0.05, 0) is 12.8 Å². The maximum absolute atomic E-state index is 11.7. The number of hydrogen-bond acceptors (Lipinski definition) is 4. The van der Waals surface area contributed by atoms with E-state index in [1.807, 2.05) is 0 Å². The highest BCUT2D eigenvalue weighted by Crippen LogP contribution is 2.19. The van der Waals surface area contributed by atoms with Crippen molar-refractivity contribution in [1.29, 1.82) is 0 Å². The Morgan fingerprint density at radius 3 is 2.24 bits per heavy atom. The molecule has 0 aromatic rings. The van der Waals surface area contributed by atoms with Crippen LogP contribution in [-0.4, -0.2) is 48.5 Å². The van der Waals surface area contributed by atoms with Crippen molar-refractivity contribution in [3.8, 4) is 0 Å². The Morgan fingerprint density at radius 2 is 1.82 bits per heavy atom. The molecular formula is C9H16N2O5S. The van der Waals surface area contributed by atoms with Crippen LogP contribution < -0.4 is 5.73 Å². The Morgan fingerprint density at radius 1 is 1.29 bits per heavy atom. The van der Waals surface area contributed by atoms with E-state index in [2.05, 4.69) is 0 Å². The molecule has 8 heteroatoms. The van der Waals surface area contributed by atoms with Gasteiger partial charge in [0.2, 0.25) is 15.9 Å². The highest BCUT2D eigenvalue weighted by Gasteiger charge is 2.30. The number of carboxylic acid groups (broad SMARTS) is 1. The van der Waals surface area contributed by atoms with Gasteiger partial charge in [0.15, 0.2) is 0 Å². The third-order valence-corrected chi connectivity index (χ3v) is 4.70. The smallest absolute Gasteiger partial charge is 0.304 e. The van der Waals surface area contributed by atoms with E-state index in [-0.39, 0.29) is 19.0 Å². The Labute approximate surface area is 99.6 Å². The van der Waals surface area contributed by atoms with Crippen molar-refractivity contribution in [2.45, 2.75) is 19.3 Å². The predicted octanol–water partition coefficient (Wildman–Crippen LogP) is -1.01. The van der Waals surface area contributed by atoms with E-state index in [0.29, 0.717) is 12.8 Å². The molecule has 1 fully saturated rings. The Bertz CT molecular complexity index is 398. The molecule has 0 atom stereocenters. The zero-order valence-electron chi connectivity index (χ0n) is 9.33. The lowest BCUT2D eigenvalue weighted by Crippen LogP contribution is -2.42. The first kappa shape index (κ1) is 13.9. The summed E-state index contributed by atoms with van der Waals surface area (Å²) in [5.74, 6) is -2.22. The second-order valence-corrected chi connectivity index (χ2v) is 6.12. The van der Waals surface area contributed by atoms with Crippen molar-refractivity contribution >= 4 is 21.9 Å². The summed E-state index contributed by atoms with van der Waals surface area (Å²) in [5.41, 5.74) is 5.14. The molecule has 1 heterocycles. The molecule has 0 aromatic carbocycles. The van der Waals surface area contributed by atoms with Crippen molar-refractivity contribution in [2.24, 2.45) is 11.7 Å². The summed E-state index contributed by atoms with van der Waals surface area (Å²) in [5, 5.41) is 8.45. The molecule has 1 aliphatic rings. The molecule has 17 heavy (non-hydrogen) atoms. The average molecular weight is 264 g/mol. The molecule has 1 amide bonds. The second kappa shape index (κ2) is 5.46. The summed E-state index contributed by atoms with van der Waals surface area (Å²) >= 11 is 0. The first-order valence-corrected chi connectivity index (χ1v) is 6.93. The van der Waals surface area contributed by atoms with Gasteiger partial charge in [0.05, 0.1) is 12.2 Å². The average Bonchev–Trinajstić information content (AvgIpc) is 2.27. The van der Waals surface area contributed by atoms with Crippen molar-refractivity contribution in [3.05, 3.63) is 0 Å². The van der Waals surface area contributed by atoms with Crippen LogP contribution >= 0.6 is 0 Å². The van der Waals surface area contributed by atoms with Crippen LogP contribution in [0.25, 0.3) is 0 Å². The highest BCUT2D eigenvalue weighted by atomic mass is 32.2. The Hall–Kier alpha value is -1.15. The van der Waals surface area contributed by atoms with Crippen LogP contribution in [0.3, 0.4) is 0 Å². The van der Waals surface area contributed by atoms with Crippen molar-refractivity contribution in [2.75, 3.05) is 18.8 Å². The monoisotopic (exact) mass is 264 g/mol. The number of carbonyl (C=O) groups excluding carboxylic acids is 1. The van der Waals surface area contributed by atoms with Gasteiger partial charge in [-0.15, -0.1) is 0 Å². The third-order valence-electron chi connectivity index (χ3n) is 2.82. The molecule has 0 bridgehead atoms. The fourth-order valence-corrected chi connectivity index (χ4v) is 3.22. The molecule has 1 aliphatic heterocycles. The van der Waals surface area contributed by atoms with Crippen LogP contribution in [-0.2, 0) is 19.6 Å². The number of carboxylic acids is 1. The zero-order valence-corrected chi connectivity index (χ0v) is 10.1. The number of sulfonamides is 1. The minimum absolute atomic E-state index is 0.232. The van der Waals surface area contributed by atoms with Gasteiger partial charge in [0, 0.05) is 19.0 Å². The number of amides is 1. The number of aliphatic carboxylic acids is 1. The molecule has 0 spiro atoms. The first-order valence-electron chi connectivity index (χ1n) is 5.32. The van der Waals surface area contributed by atoms with E-state index in [4.69, 9.17) is 10.8 Å². The largest absolute Gasteiger partial charge is 0.481 e. The molecular weight excluding hydrogens is 248 g/mol. The normalized spacial score (nSPS) is 19.1. The summed E-state index contributed by atoms with van der Waals surface area (Å²) in [6, 6.07) is 0. The molecule has 0 aromatic heterocycles. The SMILES string of the molecule is NC(=O)C1CCN(S(=O)(=O)CCC(=O)O)CC1. The quantitative estimate of drug-likeness (QED) is 0.659. The third kappa shape index (κ3) is 3.97. The summed E-state index contributed by atoms with van der Waals surface area (Å²) in [6.45, 7) is 0.463. The Kier molecular flexibility index (Phi) is 4.47. The fourth-order valence-electron chi connectivity index (χ4n) is 1.76. The van der Waals surface area contributed by atoms with Gasteiger partial charge in [-0.3, -0.25) is 9.59 Å². The standard InChI is InChI=1S/C9H16N2O5S/c10-9(14)7-1-4-11(5-2-7)17(15,16)6-3-8(12)13/h7H,1-6H2,(H2,10,14)(H,12,13). The summed E-state index contributed by atoms with van der Waals surface area (Å²) in [4.78, 5) is 21.2. The molecule has 0 saturated carbocycles. The maximum atomic E-state index is 11.7. The number of nitrogens with zero attached hydrogens (tertiary/aromatic N) is 1. The first-order chi connectivity index (χ1) is 7.83. The molecule has 1 rings (SSSR count). The van der Waals surface area contributed by atoms with Crippen molar-refractivity contribution < 1.29 is 23.1 Å². The van der Waals surface area contributed by atoms with Crippen molar-refractivity contribution in [1.82, 2.24) is 4.31 Å². The minimum Gasteiger partial charge on any atom is -0.481 e. The fraction of sp³-hybridized carbons (Fsp3) is 0.778. The number of carbonyl (C=O) groups is 2. The van der Waals surface area contributed by atoms with E-state index in [9.17, 15) is 18.0 Å². The Balaban J connectivity index is 2.52. The van der Waals surface area contributed by atoms with Gasteiger partial charge < -0.3 is 10.8 Å². The van der Waals surface area contributed by atoms with Gasteiger partial charge in [-0.2, -0.15) is 0 Å². The van der Waals surface area contributed by atoms with Crippen LogP contribution in [0.15, 0.2) is 0 Å². The number of nitrogens with two attached hydrogens (primary N) is 1. The number of hydrogen-bond donors (Lipinski definition) is 2. The number of piperidine rings is 1. The molecule has 1 saturated heterocycles. The zero-order chi connectivity index (χ0) is 13.1. The van der Waals surface area contributed by atoms with Crippen molar-refractivity contribution in [3.63, 3.8) is 0 Å². The van der Waals surface area contributed by atoms with E-state index in [0.717, 1.165) is 0 Å². The van der Waals surface area contributed by atoms with Gasteiger partial charge in [-0.25, -0.2) is 12.7 Å². The minimum atomic E-state index is -3.53.